The van der Waals surface area contributed by atoms with Crippen molar-refractivity contribution in [2.45, 2.75) is 12.3 Å². The molecule has 1 N–H and O–H groups in total. The van der Waals surface area contributed by atoms with Crippen molar-refractivity contribution in [1.29, 1.82) is 0 Å². The third-order valence-electron chi connectivity index (χ3n) is 3.30. The standard InChI is InChI=1S/C13H15NS/c1-14-7-9-6-11(9)12-8-15-13-5-3-2-4-10(12)13/h2-5,8-9,11,14H,6-7H2,1H3. The molecule has 1 heterocycles. The Balaban J connectivity index is 1.93. The summed E-state index contributed by atoms with van der Waals surface area (Å²) in [4.78, 5) is 0. The van der Waals surface area contributed by atoms with E-state index in [-0.39, 0.29) is 0 Å². The van der Waals surface area contributed by atoms with Crippen LogP contribution in [0.25, 0.3) is 10.1 Å². The number of fused-ring (bicyclic) bond motifs is 1. The minimum Gasteiger partial charge on any atom is -0.319 e. The van der Waals surface area contributed by atoms with Gasteiger partial charge < -0.3 is 5.32 Å². The number of rotatable bonds is 3. The smallest absolute Gasteiger partial charge is 0.0345 e. The molecular weight excluding hydrogens is 202 g/mol. The first kappa shape index (κ1) is 9.37. The second-order valence-corrected chi connectivity index (χ2v) is 5.26. The van der Waals surface area contributed by atoms with Crippen LogP contribution in [0, 0.1) is 5.92 Å². The summed E-state index contributed by atoms with van der Waals surface area (Å²) in [6.45, 7) is 1.16. The Labute approximate surface area is 94.1 Å². The summed E-state index contributed by atoms with van der Waals surface area (Å²) < 4.78 is 1.43. The largest absolute Gasteiger partial charge is 0.319 e. The van der Waals surface area contributed by atoms with Gasteiger partial charge in [-0.15, -0.1) is 11.3 Å². The highest BCUT2D eigenvalue weighted by Crippen LogP contribution is 2.50. The first-order chi connectivity index (χ1) is 7.40. The Hall–Kier alpha value is -0.860. The third-order valence-corrected chi connectivity index (χ3v) is 4.28. The summed E-state index contributed by atoms with van der Waals surface area (Å²) in [5.41, 5.74) is 1.58. The van der Waals surface area contributed by atoms with Gasteiger partial charge in [-0.2, -0.15) is 0 Å². The van der Waals surface area contributed by atoms with Crippen LogP contribution in [-0.2, 0) is 0 Å². The first-order valence-corrected chi connectivity index (χ1v) is 6.39. The van der Waals surface area contributed by atoms with Crippen LogP contribution in [0.4, 0.5) is 0 Å². The van der Waals surface area contributed by atoms with Gasteiger partial charge in [-0.25, -0.2) is 0 Å². The van der Waals surface area contributed by atoms with Crippen LogP contribution in [0.15, 0.2) is 29.6 Å². The van der Waals surface area contributed by atoms with Crippen LogP contribution >= 0.6 is 11.3 Å². The van der Waals surface area contributed by atoms with E-state index in [9.17, 15) is 0 Å². The minimum atomic E-state index is 0.814. The van der Waals surface area contributed by atoms with Gasteiger partial charge in [0.15, 0.2) is 0 Å². The fourth-order valence-corrected chi connectivity index (χ4v) is 3.43. The van der Waals surface area contributed by atoms with Gasteiger partial charge in [0.25, 0.3) is 0 Å². The molecule has 1 nitrogen and oxygen atoms in total. The van der Waals surface area contributed by atoms with E-state index in [1.807, 2.05) is 18.4 Å². The summed E-state index contributed by atoms with van der Waals surface area (Å²) in [6, 6.07) is 8.75. The van der Waals surface area contributed by atoms with Gasteiger partial charge in [0.1, 0.15) is 0 Å². The van der Waals surface area contributed by atoms with Crippen molar-refractivity contribution < 1.29 is 0 Å². The Morgan fingerprint density at radius 2 is 2.27 bits per heavy atom. The molecule has 0 aliphatic heterocycles. The van der Waals surface area contributed by atoms with Gasteiger partial charge in [-0.3, -0.25) is 0 Å². The molecule has 15 heavy (non-hydrogen) atoms. The van der Waals surface area contributed by atoms with Gasteiger partial charge in [-0.1, -0.05) is 18.2 Å². The van der Waals surface area contributed by atoms with Crippen LogP contribution in [0.1, 0.15) is 17.9 Å². The predicted molar refractivity (Wildman–Crippen MR) is 66.6 cm³/mol. The summed E-state index contributed by atoms with van der Waals surface area (Å²) in [5, 5.41) is 7.10. The predicted octanol–water partition coefficient (Wildman–Crippen LogP) is 3.22. The van der Waals surface area contributed by atoms with E-state index in [1.165, 1.54) is 16.5 Å². The summed E-state index contributed by atoms with van der Waals surface area (Å²) in [7, 11) is 2.04. The highest BCUT2D eigenvalue weighted by molar-refractivity contribution is 7.17. The molecular formula is C13H15NS. The molecule has 1 aliphatic rings. The Morgan fingerprint density at radius 3 is 3.13 bits per heavy atom. The van der Waals surface area contributed by atoms with E-state index < -0.39 is 0 Å². The topological polar surface area (TPSA) is 12.0 Å². The molecule has 0 radical (unpaired) electrons. The van der Waals surface area contributed by atoms with Gasteiger partial charge >= 0.3 is 0 Å². The van der Waals surface area contributed by atoms with Crippen molar-refractivity contribution in [3.8, 4) is 0 Å². The maximum Gasteiger partial charge on any atom is 0.0345 e. The molecule has 2 atom stereocenters. The minimum absolute atomic E-state index is 0.814. The van der Waals surface area contributed by atoms with Crippen molar-refractivity contribution in [3.63, 3.8) is 0 Å². The molecule has 0 saturated heterocycles. The zero-order valence-electron chi connectivity index (χ0n) is 8.86. The first-order valence-electron chi connectivity index (χ1n) is 5.51. The molecule has 2 heteroatoms. The van der Waals surface area contributed by atoms with E-state index >= 15 is 0 Å². The van der Waals surface area contributed by atoms with Gasteiger partial charge in [-0.05, 0) is 54.2 Å². The van der Waals surface area contributed by atoms with Crippen molar-refractivity contribution in [2.24, 2.45) is 5.92 Å². The second-order valence-electron chi connectivity index (χ2n) is 4.35. The summed E-state index contributed by atoms with van der Waals surface area (Å²) in [6.07, 6.45) is 1.36. The van der Waals surface area contributed by atoms with E-state index in [4.69, 9.17) is 0 Å². The van der Waals surface area contributed by atoms with Crippen molar-refractivity contribution in [3.05, 3.63) is 35.2 Å². The number of hydrogen-bond acceptors (Lipinski definition) is 2. The Bertz CT molecular complexity index is 474. The lowest BCUT2D eigenvalue weighted by Gasteiger charge is -1.98. The van der Waals surface area contributed by atoms with Crippen molar-refractivity contribution in [2.75, 3.05) is 13.6 Å². The van der Waals surface area contributed by atoms with Crippen LogP contribution in [0.3, 0.4) is 0 Å². The number of hydrogen-bond donors (Lipinski definition) is 1. The molecule has 1 aromatic heterocycles. The maximum atomic E-state index is 3.27. The lowest BCUT2D eigenvalue weighted by atomic mass is 10.1. The molecule has 1 aliphatic carbocycles. The summed E-state index contributed by atoms with van der Waals surface area (Å²) >= 11 is 1.88. The normalized spacial score (nSPS) is 24.6. The lowest BCUT2D eigenvalue weighted by Crippen LogP contribution is -2.10. The van der Waals surface area contributed by atoms with Crippen LogP contribution in [0.5, 0.6) is 0 Å². The van der Waals surface area contributed by atoms with Crippen LogP contribution in [0.2, 0.25) is 0 Å². The molecule has 2 aromatic rings. The second kappa shape index (κ2) is 3.62. The molecule has 1 saturated carbocycles. The Kier molecular flexibility index (Phi) is 2.26. The fourth-order valence-electron chi connectivity index (χ4n) is 2.40. The number of thiophene rings is 1. The molecule has 1 fully saturated rings. The average Bonchev–Trinajstić information content (AvgIpc) is 2.90. The molecule has 0 spiro atoms. The van der Waals surface area contributed by atoms with Gasteiger partial charge in [0.05, 0.1) is 0 Å². The SMILES string of the molecule is CNCC1CC1c1csc2ccccc12. The van der Waals surface area contributed by atoms with Gasteiger partial charge in [0, 0.05) is 4.70 Å². The van der Waals surface area contributed by atoms with Crippen molar-refractivity contribution >= 4 is 21.4 Å². The third kappa shape index (κ3) is 1.58. The molecule has 1 aromatic carbocycles. The highest BCUT2D eigenvalue weighted by atomic mass is 32.1. The summed E-state index contributed by atoms with van der Waals surface area (Å²) in [5.74, 6) is 1.68. The number of nitrogens with one attached hydrogen (secondary N) is 1. The molecule has 78 valence electrons. The van der Waals surface area contributed by atoms with Crippen LogP contribution < -0.4 is 5.32 Å². The number of benzene rings is 1. The quantitative estimate of drug-likeness (QED) is 0.832. The van der Waals surface area contributed by atoms with E-state index in [0.717, 1.165) is 18.4 Å². The van der Waals surface area contributed by atoms with E-state index in [0.29, 0.717) is 0 Å². The highest BCUT2D eigenvalue weighted by Gasteiger charge is 2.38. The van der Waals surface area contributed by atoms with E-state index in [1.54, 1.807) is 5.56 Å². The lowest BCUT2D eigenvalue weighted by molar-refractivity contribution is 0.699. The average molecular weight is 217 g/mol. The molecule has 0 bridgehead atoms. The molecule has 0 amide bonds. The molecule has 2 unspecified atom stereocenters. The van der Waals surface area contributed by atoms with Gasteiger partial charge in [0.2, 0.25) is 0 Å². The van der Waals surface area contributed by atoms with Crippen molar-refractivity contribution in [1.82, 2.24) is 5.32 Å². The zero-order chi connectivity index (χ0) is 10.3. The maximum absolute atomic E-state index is 3.27. The van der Waals surface area contributed by atoms with Crippen LogP contribution in [-0.4, -0.2) is 13.6 Å². The molecule has 3 rings (SSSR count). The monoisotopic (exact) mass is 217 g/mol. The van der Waals surface area contributed by atoms with E-state index in [2.05, 4.69) is 35.0 Å². The zero-order valence-corrected chi connectivity index (χ0v) is 9.68. The Morgan fingerprint density at radius 1 is 1.40 bits per heavy atom. The fraction of sp³-hybridized carbons (Fsp3) is 0.385.